The summed E-state index contributed by atoms with van der Waals surface area (Å²) in [6.07, 6.45) is -4.56. The van der Waals surface area contributed by atoms with Crippen molar-refractivity contribution in [3.05, 3.63) is 64.7 Å². The lowest BCUT2D eigenvalue weighted by atomic mass is 9.90. The minimum atomic E-state index is -4.41. The number of rotatable bonds is 10. The van der Waals surface area contributed by atoms with Gasteiger partial charge < -0.3 is 24.8 Å². The highest BCUT2D eigenvalue weighted by molar-refractivity contribution is 5.87. The van der Waals surface area contributed by atoms with Gasteiger partial charge in [0.2, 0.25) is 0 Å². The fourth-order valence-corrected chi connectivity index (χ4v) is 3.47. The fraction of sp³-hybridized carbons (Fsp3) is 0.375. The number of hydrogen-bond donors (Lipinski definition) is 2. The van der Waals surface area contributed by atoms with Crippen molar-refractivity contribution in [1.82, 2.24) is 10.2 Å². The van der Waals surface area contributed by atoms with E-state index in [1.807, 2.05) is 19.0 Å². The average molecular weight is 464 g/mol. The molecule has 2 aromatic rings. The van der Waals surface area contributed by atoms with Crippen LogP contribution in [0.5, 0.6) is 11.5 Å². The first-order chi connectivity index (χ1) is 15.6. The number of alkyl halides is 3. The van der Waals surface area contributed by atoms with E-state index in [2.05, 4.69) is 5.32 Å². The molecule has 1 aliphatic rings. The zero-order valence-electron chi connectivity index (χ0n) is 18.5. The smallest absolute Gasteiger partial charge is 0.416 e. The molecule has 1 aliphatic heterocycles. The number of carboxylic acid groups (broad SMARTS) is 1. The van der Waals surface area contributed by atoms with Crippen molar-refractivity contribution in [1.29, 1.82) is 0 Å². The SMILES string of the molecule is CN(C)CCNCC1=C(c2ccc(C(F)(F)F)cc2)c2cc(OCCC(=O)O)ccc2OC1. The van der Waals surface area contributed by atoms with Gasteiger partial charge in [-0.2, -0.15) is 13.2 Å². The number of nitrogens with zero attached hydrogens (tertiary/aromatic N) is 1. The van der Waals surface area contributed by atoms with Crippen LogP contribution in [0.2, 0.25) is 0 Å². The molecule has 0 atom stereocenters. The van der Waals surface area contributed by atoms with Gasteiger partial charge in [0.15, 0.2) is 0 Å². The predicted molar refractivity (Wildman–Crippen MR) is 119 cm³/mol. The molecule has 1 heterocycles. The first kappa shape index (κ1) is 24.6. The second-order valence-electron chi connectivity index (χ2n) is 7.97. The summed E-state index contributed by atoms with van der Waals surface area (Å²) < 4.78 is 50.7. The molecule has 0 aliphatic carbocycles. The highest BCUT2D eigenvalue weighted by Gasteiger charge is 2.30. The van der Waals surface area contributed by atoms with Crippen molar-refractivity contribution in [3.8, 4) is 11.5 Å². The lowest BCUT2D eigenvalue weighted by Gasteiger charge is -2.26. The summed E-state index contributed by atoms with van der Waals surface area (Å²) in [6.45, 7) is 2.39. The number of nitrogens with one attached hydrogen (secondary N) is 1. The Morgan fingerprint density at radius 3 is 2.55 bits per heavy atom. The van der Waals surface area contributed by atoms with Gasteiger partial charge >= 0.3 is 12.1 Å². The first-order valence-corrected chi connectivity index (χ1v) is 10.5. The van der Waals surface area contributed by atoms with Crippen LogP contribution in [-0.4, -0.2) is 62.9 Å². The normalized spacial score (nSPS) is 13.6. The van der Waals surface area contributed by atoms with Crippen molar-refractivity contribution in [2.24, 2.45) is 0 Å². The molecule has 33 heavy (non-hydrogen) atoms. The van der Waals surface area contributed by atoms with Crippen LogP contribution in [0.15, 0.2) is 48.0 Å². The summed E-state index contributed by atoms with van der Waals surface area (Å²) in [7, 11) is 3.95. The maximum Gasteiger partial charge on any atom is 0.416 e. The topological polar surface area (TPSA) is 71.0 Å². The molecule has 2 N–H and O–H groups in total. The Morgan fingerprint density at radius 2 is 1.91 bits per heavy atom. The second-order valence-corrected chi connectivity index (χ2v) is 7.97. The molecule has 0 spiro atoms. The molecule has 2 aromatic carbocycles. The average Bonchev–Trinajstić information content (AvgIpc) is 2.75. The van der Waals surface area contributed by atoms with Crippen LogP contribution in [-0.2, 0) is 11.0 Å². The number of halogens is 3. The third-order valence-corrected chi connectivity index (χ3v) is 5.14. The maximum atomic E-state index is 13.1. The summed E-state index contributed by atoms with van der Waals surface area (Å²) in [5.41, 5.74) is 2.31. The number of benzene rings is 2. The number of fused-ring (bicyclic) bond motifs is 1. The Balaban J connectivity index is 1.95. The summed E-state index contributed by atoms with van der Waals surface area (Å²) in [5.74, 6) is 0.0880. The minimum Gasteiger partial charge on any atom is -0.493 e. The third-order valence-electron chi connectivity index (χ3n) is 5.14. The molecule has 178 valence electrons. The highest BCUT2D eigenvalue weighted by Crippen LogP contribution is 2.40. The van der Waals surface area contributed by atoms with Gasteiger partial charge in [-0.15, -0.1) is 0 Å². The molecule has 6 nitrogen and oxygen atoms in total. The zero-order valence-corrected chi connectivity index (χ0v) is 18.5. The quantitative estimate of drug-likeness (QED) is 0.520. The van der Waals surface area contributed by atoms with E-state index >= 15 is 0 Å². The van der Waals surface area contributed by atoms with Crippen molar-refractivity contribution < 1.29 is 32.5 Å². The molecule has 3 rings (SSSR count). The summed E-state index contributed by atoms with van der Waals surface area (Å²) >= 11 is 0. The monoisotopic (exact) mass is 464 g/mol. The molecule has 0 radical (unpaired) electrons. The van der Waals surface area contributed by atoms with Gasteiger partial charge in [-0.1, -0.05) is 12.1 Å². The molecule has 9 heteroatoms. The van der Waals surface area contributed by atoms with Gasteiger partial charge in [-0.05, 0) is 61.1 Å². The van der Waals surface area contributed by atoms with Crippen LogP contribution in [0, 0.1) is 0 Å². The van der Waals surface area contributed by atoms with E-state index in [9.17, 15) is 18.0 Å². The van der Waals surface area contributed by atoms with Gasteiger partial charge in [-0.25, -0.2) is 0 Å². The van der Waals surface area contributed by atoms with Crippen molar-refractivity contribution in [2.75, 3.05) is 46.9 Å². The molecule has 0 saturated carbocycles. The molecular formula is C24H27F3N2O4. The van der Waals surface area contributed by atoms with E-state index in [1.165, 1.54) is 12.1 Å². The molecule has 0 aromatic heterocycles. The van der Waals surface area contributed by atoms with Crippen LogP contribution < -0.4 is 14.8 Å². The van der Waals surface area contributed by atoms with Gasteiger partial charge in [0.25, 0.3) is 0 Å². The van der Waals surface area contributed by atoms with Crippen molar-refractivity contribution >= 4 is 11.5 Å². The van der Waals surface area contributed by atoms with Crippen LogP contribution >= 0.6 is 0 Å². The number of carboxylic acids is 1. The van der Waals surface area contributed by atoms with Gasteiger partial charge in [0, 0.05) is 25.2 Å². The standard InChI is InChI=1S/C24H27F3N2O4/c1-29(2)11-10-28-14-17-15-33-21-8-7-19(32-12-9-22(30)31)13-20(21)23(17)16-3-5-18(6-4-16)24(25,26)27/h3-8,13,28H,9-12,14-15H2,1-2H3,(H,30,31). The summed E-state index contributed by atoms with van der Waals surface area (Å²) in [5, 5.41) is 12.2. The number of carbonyl (C=O) groups is 1. The Hall–Kier alpha value is -3.04. The van der Waals surface area contributed by atoms with Gasteiger partial charge in [-0.3, -0.25) is 4.79 Å². The summed E-state index contributed by atoms with van der Waals surface area (Å²) in [6, 6.07) is 10.2. The van der Waals surface area contributed by atoms with E-state index in [4.69, 9.17) is 14.6 Å². The van der Waals surface area contributed by atoms with E-state index < -0.39 is 17.7 Å². The Kier molecular flexibility index (Phi) is 7.99. The van der Waals surface area contributed by atoms with E-state index in [0.29, 0.717) is 35.8 Å². The highest BCUT2D eigenvalue weighted by atomic mass is 19.4. The minimum absolute atomic E-state index is 0.00720. The lowest BCUT2D eigenvalue weighted by molar-refractivity contribution is -0.138. The molecule has 0 unspecified atom stereocenters. The van der Waals surface area contributed by atoms with Crippen LogP contribution in [0.1, 0.15) is 23.1 Å². The largest absolute Gasteiger partial charge is 0.493 e. The second kappa shape index (κ2) is 10.7. The van der Waals surface area contributed by atoms with Gasteiger partial charge in [0.05, 0.1) is 18.6 Å². The molecule has 0 amide bonds. The molecular weight excluding hydrogens is 437 g/mol. The number of hydrogen-bond acceptors (Lipinski definition) is 5. The van der Waals surface area contributed by atoms with E-state index in [-0.39, 0.29) is 13.0 Å². The van der Waals surface area contributed by atoms with Crippen molar-refractivity contribution in [3.63, 3.8) is 0 Å². The van der Waals surface area contributed by atoms with Crippen LogP contribution in [0.25, 0.3) is 5.57 Å². The first-order valence-electron chi connectivity index (χ1n) is 10.5. The number of likely N-dealkylation sites (N-methyl/N-ethyl adjacent to an activating group) is 1. The maximum absolute atomic E-state index is 13.1. The number of ether oxygens (including phenoxy) is 2. The lowest BCUT2D eigenvalue weighted by Crippen LogP contribution is -2.30. The Morgan fingerprint density at radius 1 is 1.18 bits per heavy atom. The zero-order chi connectivity index (χ0) is 24.0. The molecule has 0 bridgehead atoms. The van der Waals surface area contributed by atoms with Gasteiger partial charge in [0.1, 0.15) is 18.1 Å². The predicted octanol–water partition coefficient (Wildman–Crippen LogP) is 3.90. The third kappa shape index (κ3) is 6.72. The summed E-state index contributed by atoms with van der Waals surface area (Å²) in [4.78, 5) is 12.8. The fourth-order valence-electron chi connectivity index (χ4n) is 3.47. The molecule has 0 saturated heterocycles. The Bertz CT molecular complexity index is 1000. The van der Waals surface area contributed by atoms with E-state index in [1.54, 1.807) is 18.2 Å². The molecule has 0 fully saturated rings. The van der Waals surface area contributed by atoms with E-state index in [0.717, 1.165) is 36.4 Å². The van der Waals surface area contributed by atoms with Crippen LogP contribution in [0.4, 0.5) is 13.2 Å². The Labute approximate surface area is 190 Å². The van der Waals surface area contributed by atoms with Crippen molar-refractivity contribution in [2.45, 2.75) is 12.6 Å². The van der Waals surface area contributed by atoms with Crippen LogP contribution in [0.3, 0.4) is 0 Å². The number of aliphatic carboxylic acids is 1.